The number of hydrogen-bond acceptors (Lipinski definition) is 2. The SMILES string of the molecule is C[C@H]1[C@H](C)CC[C@]2(C(=O)O)CC[C@]3(C)C(=CC[C@@H]4[C@@]5(C)CC(O)CC(C)(C)[C@@H]5CC[C@]43C)[C@H]12. The van der Waals surface area contributed by atoms with Crippen LogP contribution in [0.25, 0.3) is 0 Å². The zero-order valence-electron chi connectivity index (χ0n) is 22.2. The molecule has 0 heterocycles. The number of rotatable bonds is 1. The first-order chi connectivity index (χ1) is 15.2. The van der Waals surface area contributed by atoms with E-state index in [1.54, 1.807) is 0 Å². The Hall–Kier alpha value is -0.830. The minimum absolute atomic E-state index is 0.0609. The van der Waals surface area contributed by atoms with Gasteiger partial charge in [0.2, 0.25) is 0 Å². The van der Waals surface area contributed by atoms with Crippen LogP contribution < -0.4 is 0 Å². The van der Waals surface area contributed by atoms with Gasteiger partial charge in [0.1, 0.15) is 0 Å². The molecule has 0 aromatic carbocycles. The minimum atomic E-state index is -0.565. The van der Waals surface area contributed by atoms with Crippen LogP contribution in [0, 0.1) is 56.7 Å². The lowest BCUT2D eigenvalue weighted by Gasteiger charge is -2.71. The minimum Gasteiger partial charge on any atom is -0.481 e. The van der Waals surface area contributed by atoms with E-state index in [1.807, 2.05) is 0 Å². The predicted molar refractivity (Wildman–Crippen MR) is 133 cm³/mol. The number of aliphatic hydroxyl groups is 1. The lowest BCUT2D eigenvalue weighted by Crippen LogP contribution is -2.65. The Balaban J connectivity index is 1.62. The van der Waals surface area contributed by atoms with Gasteiger partial charge in [0.15, 0.2) is 0 Å². The molecular formula is C30H48O3. The van der Waals surface area contributed by atoms with E-state index in [0.717, 1.165) is 44.9 Å². The van der Waals surface area contributed by atoms with Gasteiger partial charge < -0.3 is 10.2 Å². The molecule has 0 spiro atoms. The van der Waals surface area contributed by atoms with Crippen molar-refractivity contribution in [1.29, 1.82) is 0 Å². The van der Waals surface area contributed by atoms with Crippen LogP contribution in [0.1, 0.15) is 106 Å². The summed E-state index contributed by atoms with van der Waals surface area (Å²) in [6.07, 6.45) is 11.4. The fourth-order valence-corrected chi connectivity index (χ4v) is 11.1. The Bertz CT molecular complexity index is 874. The highest BCUT2D eigenvalue weighted by molar-refractivity contribution is 5.76. The molecule has 0 radical (unpaired) electrons. The molecule has 2 N–H and O–H groups in total. The summed E-state index contributed by atoms with van der Waals surface area (Å²) in [4.78, 5) is 12.8. The zero-order chi connectivity index (χ0) is 24.2. The van der Waals surface area contributed by atoms with Crippen molar-refractivity contribution in [1.82, 2.24) is 0 Å². The highest BCUT2D eigenvalue weighted by Crippen LogP contribution is 2.75. The standard InChI is InChI=1S/C30H48O3/c1-18-10-13-30(25(32)33)15-14-28(6)21(24(30)19(18)2)8-9-23-27(5)17-20(31)16-26(3,4)22(27)11-12-29(23,28)7/h8,18-20,22-24,31H,9-17H2,1-7H3,(H,32,33)/t18-,19+,20?,22+,23-,24+,27+,28-,29-,30+/m1/s1. The summed E-state index contributed by atoms with van der Waals surface area (Å²) < 4.78 is 0. The molecule has 0 saturated heterocycles. The average Bonchev–Trinajstić information content (AvgIpc) is 2.69. The Labute approximate surface area is 201 Å². The van der Waals surface area contributed by atoms with E-state index in [4.69, 9.17) is 0 Å². The fourth-order valence-electron chi connectivity index (χ4n) is 11.1. The van der Waals surface area contributed by atoms with Crippen molar-refractivity contribution in [3.8, 4) is 0 Å². The molecule has 5 rings (SSSR count). The topological polar surface area (TPSA) is 57.5 Å². The number of fused-ring (bicyclic) bond motifs is 7. The Kier molecular flexibility index (Phi) is 5.15. The number of carbonyl (C=O) groups is 1. The molecule has 3 heteroatoms. The van der Waals surface area contributed by atoms with Crippen LogP contribution in [-0.2, 0) is 4.79 Å². The van der Waals surface area contributed by atoms with Gasteiger partial charge in [-0.2, -0.15) is 0 Å². The molecule has 0 bridgehead atoms. The van der Waals surface area contributed by atoms with Crippen molar-refractivity contribution in [2.24, 2.45) is 56.7 Å². The average molecular weight is 457 g/mol. The fraction of sp³-hybridized carbons (Fsp3) is 0.900. The van der Waals surface area contributed by atoms with Gasteiger partial charge in [-0.1, -0.05) is 60.1 Å². The van der Waals surface area contributed by atoms with Gasteiger partial charge in [0.05, 0.1) is 11.5 Å². The van der Waals surface area contributed by atoms with Gasteiger partial charge >= 0.3 is 5.97 Å². The third-order valence-electron chi connectivity index (χ3n) is 13.1. The number of carboxylic acids is 1. The summed E-state index contributed by atoms with van der Waals surface area (Å²) in [5.74, 6) is 1.84. The highest BCUT2D eigenvalue weighted by Gasteiger charge is 2.69. The Morgan fingerprint density at radius 2 is 1.64 bits per heavy atom. The first kappa shape index (κ1) is 23.9. The summed E-state index contributed by atoms with van der Waals surface area (Å²) in [6.45, 7) is 17.0. The van der Waals surface area contributed by atoms with E-state index in [-0.39, 0.29) is 33.7 Å². The monoisotopic (exact) mass is 456 g/mol. The molecule has 0 aliphatic heterocycles. The third-order valence-corrected chi connectivity index (χ3v) is 13.1. The molecule has 5 aliphatic rings. The van der Waals surface area contributed by atoms with Gasteiger partial charge in [0.25, 0.3) is 0 Å². The molecule has 0 aromatic rings. The molecule has 4 saturated carbocycles. The smallest absolute Gasteiger partial charge is 0.310 e. The van der Waals surface area contributed by atoms with E-state index in [1.165, 1.54) is 18.4 Å². The van der Waals surface area contributed by atoms with Gasteiger partial charge in [-0.15, -0.1) is 0 Å². The van der Waals surface area contributed by atoms with E-state index in [9.17, 15) is 15.0 Å². The second-order valence-corrected chi connectivity index (χ2v) is 14.7. The molecule has 10 atom stereocenters. The molecular weight excluding hydrogens is 408 g/mol. The summed E-state index contributed by atoms with van der Waals surface area (Å²) in [6, 6.07) is 0. The Morgan fingerprint density at radius 3 is 2.30 bits per heavy atom. The molecule has 0 aromatic heterocycles. The van der Waals surface area contributed by atoms with Crippen molar-refractivity contribution in [3.05, 3.63) is 11.6 Å². The third kappa shape index (κ3) is 2.87. The lowest BCUT2D eigenvalue weighted by molar-refractivity contribution is -0.202. The van der Waals surface area contributed by atoms with Crippen molar-refractivity contribution < 1.29 is 15.0 Å². The number of allylic oxidation sites excluding steroid dienone is 2. The van der Waals surface area contributed by atoms with Crippen LogP contribution >= 0.6 is 0 Å². The zero-order valence-corrected chi connectivity index (χ0v) is 22.2. The summed E-state index contributed by atoms with van der Waals surface area (Å²) in [7, 11) is 0. The van der Waals surface area contributed by atoms with Crippen molar-refractivity contribution >= 4 is 5.97 Å². The maximum absolute atomic E-state index is 12.8. The van der Waals surface area contributed by atoms with Crippen molar-refractivity contribution in [3.63, 3.8) is 0 Å². The number of hydrogen-bond donors (Lipinski definition) is 2. The molecule has 4 fully saturated rings. The second kappa shape index (κ2) is 7.11. The molecule has 186 valence electrons. The summed E-state index contributed by atoms with van der Waals surface area (Å²) in [5.41, 5.74) is 1.49. The molecule has 33 heavy (non-hydrogen) atoms. The van der Waals surface area contributed by atoms with Crippen molar-refractivity contribution in [2.75, 3.05) is 0 Å². The van der Waals surface area contributed by atoms with Crippen LogP contribution in [0.3, 0.4) is 0 Å². The first-order valence-corrected chi connectivity index (χ1v) is 13.8. The summed E-state index contributed by atoms with van der Waals surface area (Å²) >= 11 is 0. The molecule has 3 nitrogen and oxygen atoms in total. The highest BCUT2D eigenvalue weighted by atomic mass is 16.4. The van der Waals surface area contributed by atoms with Gasteiger partial charge in [-0.25, -0.2) is 0 Å². The first-order valence-electron chi connectivity index (χ1n) is 13.8. The van der Waals surface area contributed by atoms with Crippen LogP contribution in [0.2, 0.25) is 0 Å². The number of aliphatic hydroxyl groups excluding tert-OH is 1. The summed E-state index contributed by atoms with van der Waals surface area (Å²) in [5, 5.41) is 21.5. The molecule has 5 aliphatic carbocycles. The normalized spacial score (nSPS) is 55.3. The van der Waals surface area contributed by atoms with E-state index in [0.29, 0.717) is 23.7 Å². The van der Waals surface area contributed by atoms with Crippen molar-refractivity contribution in [2.45, 2.75) is 112 Å². The van der Waals surface area contributed by atoms with Crippen LogP contribution in [0.5, 0.6) is 0 Å². The van der Waals surface area contributed by atoms with E-state index < -0.39 is 11.4 Å². The van der Waals surface area contributed by atoms with Crippen LogP contribution in [0.15, 0.2) is 11.6 Å². The Morgan fingerprint density at radius 1 is 0.939 bits per heavy atom. The second-order valence-electron chi connectivity index (χ2n) is 14.7. The van der Waals surface area contributed by atoms with Crippen LogP contribution in [0.4, 0.5) is 0 Å². The largest absolute Gasteiger partial charge is 0.481 e. The molecule has 0 amide bonds. The maximum Gasteiger partial charge on any atom is 0.310 e. The number of aliphatic carboxylic acids is 1. The number of carboxylic acid groups (broad SMARTS) is 1. The lowest BCUT2D eigenvalue weighted by atomic mass is 9.33. The van der Waals surface area contributed by atoms with E-state index in [2.05, 4.69) is 54.5 Å². The van der Waals surface area contributed by atoms with E-state index >= 15 is 0 Å². The van der Waals surface area contributed by atoms with Crippen LogP contribution in [-0.4, -0.2) is 22.3 Å². The van der Waals surface area contributed by atoms with Gasteiger partial charge in [-0.05, 0) is 109 Å². The maximum atomic E-state index is 12.8. The molecule has 1 unspecified atom stereocenters. The van der Waals surface area contributed by atoms with Gasteiger partial charge in [-0.3, -0.25) is 4.79 Å². The van der Waals surface area contributed by atoms with Gasteiger partial charge in [0, 0.05) is 0 Å². The quantitative estimate of drug-likeness (QED) is 0.414. The predicted octanol–water partition coefficient (Wildman–Crippen LogP) is 7.09.